The molecule has 1 N–H and O–H groups in total. The van der Waals surface area contributed by atoms with Gasteiger partial charge in [0, 0.05) is 36.2 Å². The summed E-state index contributed by atoms with van der Waals surface area (Å²) >= 11 is 0. The standard InChI is InChI=1S/C26H25N3O5/c1-4-34-19-9-7-18(8-10-19)29-16-22(25(30)28-15-17-6-5-11-27-14-17)20-12-23(32-2)24(33-3)13-21(20)26(29)31/h5-14,16H,4,15H2,1-3H3,(H,28,30). The minimum atomic E-state index is -0.333. The van der Waals surface area contributed by atoms with Crippen LogP contribution >= 0.6 is 0 Å². The van der Waals surface area contributed by atoms with Crippen LogP contribution in [0.5, 0.6) is 17.2 Å². The normalized spacial score (nSPS) is 10.7. The molecule has 2 heterocycles. The number of benzene rings is 2. The van der Waals surface area contributed by atoms with Crippen molar-refractivity contribution in [3.63, 3.8) is 0 Å². The van der Waals surface area contributed by atoms with E-state index >= 15 is 0 Å². The Balaban J connectivity index is 1.85. The summed E-state index contributed by atoms with van der Waals surface area (Å²) in [5.74, 6) is 1.19. The van der Waals surface area contributed by atoms with E-state index in [2.05, 4.69) is 10.3 Å². The summed E-state index contributed by atoms with van der Waals surface area (Å²) in [6, 6.07) is 14.0. The summed E-state index contributed by atoms with van der Waals surface area (Å²) in [7, 11) is 3.01. The Morgan fingerprint density at radius 1 is 1.03 bits per heavy atom. The number of carbonyl (C=O) groups excluding carboxylic acids is 1. The molecule has 174 valence electrons. The van der Waals surface area contributed by atoms with Gasteiger partial charge in [0.1, 0.15) is 5.75 Å². The fraction of sp³-hybridized carbons (Fsp3) is 0.192. The van der Waals surface area contributed by atoms with E-state index in [0.29, 0.717) is 52.4 Å². The molecule has 2 aromatic carbocycles. The zero-order valence-corrected chi connectivity index (χ0v) is 19.2. The van der Waals surface area contributed by atoms with E-state index < -0.39 is 0 Å². The Bertz CT molecular complexity index is 1370. The van der Waals surface area contributed by atoms with Crippen LogP contribution in [0.4, 0.5) is 0 Å². The molecule has 0 radical (unpaired) electrons. The molecule has 0 saturated carbocycles. The first-order valence-electron chi connectivity index (χ1n) is 10.8. The van der Waals surface area contributed by atoms with E-state index in [1.807, 2.05) is 13.0 Å². The van der Waals surface area contributed by atoms with Gasteiger partial charge < -0.3 is 19.5 Å². The SMILES string of the molecule is CCOc1ccc(-n2cc(C(=O)NCc3cccnc3)c3cc(OC)c(OC)cc3c2=O)cc1. The predicted octanol–water partition coefficient (Wildman–Crippen LogP) is 3.73. The van der Waals surface area contributed by atoms with Gasteiger partial charge in [-0.2, -0.15) is 0 Å². The van der Waals surface area contributed by atoms with Crippen molar-refractivity contribution in [2.24, 2.45) is 0 Å². The van der Waals surface area contributed by atoms with Crippen molar-refractivity contribution in [1.82, 2.24) is 14.9 Å². The average molecular weight is 460 g/mol. The highest BCUT2D eigenvalue weighted by Gasteiger charge is 2.19. The highest BCUT2D eigenvalue weighted by Crippen LogP contribution is 2.32. The minimum absolute atomic E-state index is 0.288. The minimum Gasteiger partial charge on any atom is -0.494 e. The van der Waals surface area contributed by atoms with Crippen LogP contribution in [0.15, 0.2) is 71.9 Å². The summed E-state index contributed by atoms with van der Waals surface area (Å²) in [5.41, 5.74) is 1.50. The van der Waals surface area contributed by atoms with Crippen molar-refractivity contribution in [2.45, 2.75) is 13.5 Å². The van der Waals surface area contributed by atoms with Gasteiger partial charge in [-0.15, -0.1) is 0 Å². The Labute approximate surface area is 196 Å². The maximum atomic E-state index is 13.5. The van der Waals surface area contributed by atoms with Gasteiger partial charge in [-0.05, 0) is 55.0 Å². The largest absolute Gasteiger partial charge is 0.494 e. The van der Waals surface area contributed by atoms with Gasteiger partial charge in [0.2, 0.25) is 0 Å². The quantitative estimate of drug-likeness (QED) is 0.432. The molecular formula is C26H25N3O5. The van der Waals surface area contributed by atoms with Crippen molar-refractivity contribution in [3.05, 3.63) is 88.6 Å². The number of fused-ring (bicyclic) bond motifs is 1. The fourth-order valence-electron chi connectivity index (χ4n) is 3.69. The van der Waals surface area contributed by atoms with Gasteiger partial charge in [-0.3, -0.25) is 19.1 Å². The second-order valence-corrected chi connectivity index (χ2v) is 7.44. The summed E-state index contributed by atoms with van der Waals surface area (Å²) in [5, 5.41) is 3.71. The summed E-state index contributed by atoms with van der Waals surface area (Å²) in [6.07, 6.45) is 4.91. The second-order valence-electron chi connectivity index (χ2n) is 7.44. The number of aromatic nitrogens is 2. The zero-order valence-electron chi connectivity index (χ0n) is 19.2. The summed E-state index contributed by atoms with van der Waals surface area (Å²) in [6.45, 7) is 2.74. The molecule has 1 amide bonds. The summed E-state index contributed by atoms with van der Waals surface area (Å²) in [4.78, 5) is 30.8. The molecule has 4 rings (SSSR count). The van der Waals surface area contributed by atoms with Crippen molar-refractivity contribution in [2.75, 3.05) is 20.8 Å². The molecule has 0 aliphatic carbocycles. The summed E-state index contributed by atoms with van der Waals surface area (Å²) < 4.78 is 17.8. The maximum Gasteiger partial charge on any atom is 0.263 e. The number of hydrogen-bond donors (Lipinski definition) is 1. The molecule has 0 aliphatic rings. The van der Waals surface area contributed by atoms with Crippen LogP contribution in [0.3, 0.4) is 0 Å². The van der Waals surface area contributed by atoms with Crippen LogP contribution in [-0.4, -0.2) is 36.3 Å². The van der Waals surface area contributed by atoms with E-state index in [4.69, 9.17) is 14.2 Å². The van der Waals surface area contributed by atoms with Crippen molar-refractivity contribution >= 4 is 16.7 Å². The van der Waals surface area contributed by atoms with Gasteiger partial charge in [-0.1, -0.05) is 6.07 Å². The van der Waals surface area contributed by atoms with Crippen LogP contribution in [0.1, 0.15) is 22.8 Å². The second kappa shape index (κ2) is 10.1. The number of hydrogen-bond acceptors (Lipinski definition) is 6. The van der Waals surface area contributed by atoms with Crippen molar-refractivity contribution in [3.8, 4) is 22.9 Å². The molecule has 34 heavy (non-hydrogen) atoms. The lowest BCUT2D eigenvalue weighted by atomic mass is 10.0. The highest BCUT2D eigenvalue weighted by atomic mass is 16.5. The molecule has 8 nitrogen and oxygen atoms in total. The third-order valence-electron chi connectivity index (χ3n) is 5.37. The van der Waals surface area contributed by atoms with E-state index in [0.717, 1.165) is 5.56 Å². The van der Waals surface area contributed by atoms with Crippen LogP contribution < -0.4 is 25.1 Å². The molecule has 0 unspecified atom stereocenters. The zero-order chi connectivity index (χ0) is 24.1. The van der Waals surface area contributed by atoms with Gasteiger partial charge in [0.25, 0.3) is 11.5 Å². The maximum absolute atomic E-state index is 13.5. The molecule has 2 aromatic heterocycles. The van der Waals surface area contributed by atoms with Gasteiger partial charge >= 0.3 is 0 Å². The molecule has 0 saturated heterocycles. The number of rotatable bonds is 8. The lowest BCUT2D eigenvalue weighted by Gasteiger charge is -2.15. The molecule has 0 spiro atoms. The first kappa shape index (κ1) is 22.8. The number of nitrogens with one attached hydrogen (secondary N) is 1. The number of nitrogens with zero attached hydrogens (tertiary/aromatic N) is 2. The first-order valence-corrected chi connectivity index (χ1v) is 10.8. The highest BCUT2D eigenvalue weighted by molar-refractivity contribution is 6.07. The number of pyridine rings is 2. The molecule has 0 fully saturated rings. The Morgan fingerprint density at radius 3 is 2.35 bits per heavy atom. The Hall–Kier alpha value is -4.33. The predicted molar refractivity (Wildman–Crippen MR) is 129 cm³/mol. The lowest BCUT2D eigenvalue weighted by molar-refractivity contribution is 0.0952. The van der Waals surface area contributed by atoms with Crippen LogP contribution in [0.2, 0.25) is 0 Å². The Kier molecular flexibility index (Phi) is 6.77. The van der Waals surface area contributed by atoms with E-state index in [9.17, 15) is 9.59 Å². The average Bonchev–Trinajstić information content (AvgIpc) is 2.88. The van der Waals surface area contributed by atoms with Crippen LogP contribution in [0.25, 0.3) is 16.5 Å². The molecule has 0 bridgehead atoms. The topological polar surface area (TPSA) is 91.7 Å². The molecular weight excluding hydrogens is 434 g/mol. The van der Waals surface area contributed by atoms with Gasteiger partial charge in [0.05, 0.1) is 31.8 Å². The fourth-order valence-corrected chi connectivity index (χ4v) is 3.69. The number of amides is 1. The molecule has 0 aliphatic heterocycles. The van der Waals surface area contributed by atoms with Crippen molar-refractivity contribution in [1.29, 1.82) is 0 Å². The van der Waals surface area contributed by atoms with E-state index in [1.165, 1.54) is 18.8 Å². The van der Waals surface area contributed by atoms with Crippen molar-refractivity contribution < 1.29 is 19.0 Å². The molecule has 0 atom stereocenters. The number of ether oxygens (including phenoxy) is 3. The third kappa shape index (κ3) is 4.56. The van der Waals surface area contributed by atoms with Gasteiger partial charge in [0.15, 0.2) is 11.5 Å². The number of methoxy groups -OCH3 is 2. The van der Waals surface area contributed by atoms with Crippen LogP contribution in [-0.2, 0) is 6.54 Å². The molecule has 4 aromatic rings. The number of carbonyl (C=O) groups is 1. The lowest BCUT2D eigenvalue weighted by Crippen LogP contribution is -2.27. The third-order valence-corrected chi connectivity index (χ3v) is 5.37. The first-order chi connectivity index (χ1) is 16.5. The smallest absolute Gasteiger partial charge is 0.263 e. The van der Waals surface area contributed by atoms with Crippen LogP contribution in [0, 0.1) is 0 Å². The molecule has 8 heteroatoms. The monoisotopic (exact) mass is 459 g/mol. The van der Waals surface area contributed by atoms with E-state index in [1.54, 1.807) is 61.1 Å². The van der Waals surface area contributed by atoms with Gasteiger partial charge in [-0.25, -0.2) is 0 Å². The van der Waals surface area contributed by atoms with E-state index in [-0.39, 0.29) is 11.5 Å². The Morgan fingerprint density at radius 2 is 1.74 bits per heavy atom.